The van der Waals surface area contributed by atoms with Crippen molar-refractivity contribution in [2.75, 3.05) is 6.61 Å². The molecule has 246 valence electrons. The summed E-state index contributed by atoms with van der Waals surface area (Å²) < 4.78 is 49.9. The van der Waals surface area contributed by atoms with Gasteiger partial charge in [-0.25, -0.2) is 9.59 Å². The summed E-state index contributed by atoms with van der Waals surface area (Å²) in [7, 11) is 0. The average Bonchev–Trinajstić information content (AvgIpc) is 3.10. The zero-order valence-electron chi connectivity index (χ0n) is 26.7. The van der Waals surface area contributed by atoms with E-state index in [4.69, 9.17) is 9.47 Å². The number of carbonyl (C=O) groups is 2. The maximum absolute atomic E-state index is 13.2. The molecule has 0 spiro atoms. The number of unbranched alkanes of at least 4 members (excludes halogenated alkanes) is 2. The molecular weight excluding hydrogens is 613 g/mol. The monoisotopic (exact) mass is 650 g/mol. The highest BCUT2D eigenvalue weighted by molar-refractivity contribution is 6.21. The van der Waals surface area contributed by atoms with E-state index in [2.05, 4.69) is 49.6 Å². The van der Waals surface area contributed by atoms with E-state index in [-0.39, 0.29) is 13.0 Å². The Kier molecular flexibility index (Phi) is 11.1. The van der Waals surface area contributed by atoms with E-state index in [0.29, 0.717) is 12.2 Å². The third-order valence-electron chi connectivity index (χ3n) is 8.34. The first-order valence-corrected chi connectivity index (χ1v) is 16.0. The normalized spacial score (nSPS) is 11.4. The second kappa shape index (κ2) is 15.6. The number of benzene rings is 5. The van der Waals surface area contributed by atoms with Gasteiger partial charge in [0, 0.05) is 18.6 Å². The summed E-state index contributed by atoms with van der Waals surface area (Å²) in [6, 6.07) is 29.9. The van der Waals surface area contributed by atoms with Crippen LogP contribution < -0.4 is 0 Å². The summed E-state index contributed by atoms with van der Waals surface area (Å²) in [4.78, 5) is 22.8. The predicted molar refractivity (Wildman–Crippen MR) is 185 cm³/mol. The summed E-state index contributed by atoms with van der Waals surface area (Å²) in [5.74, 6) is -0.905. The summed E-state index contributed by atoms with van der Waals surface area (Å²) >= 11 is 0. The van der Waals surface area contributed by atoms with Gasteiger partial charge in [0.2, 0.25) is 0 Å². The van der Waals surface area contributed by atoms with Crippen LogP contribution in [0, 0.1) is 0 Å². The fraction of sp³-hybridized carbons (Fsp3) is 0.220. The Balaban J connectivity index is 1.53. The molecule has 0 aliphatic rings. The Morgan fingerprint density at radius 1 is 0.604 bits per heavy atom. The number of hydrogen-bond donors (Lipinski definition) is 0. The Hall–Kier alpha value is -5.17. The molecule has 7 heteroatoms. The van der Waals surface area contributed by atoms with Crippen LogP contribution in [0.5, 0.6) is 0 Å². The third-order valence-corrected chi connectivity index (χ3v) is 8.34. The number of rotatable bonds is 14. The molecule has 0 N–H and O–H groups in total. The Morgan fingerprint density at radius 3 is 1.75 bits per heavy atom. The molecule has 0 unspecified atom stereocenters. The first-order valence-electron chi connectivity index (χ1n) is 16.0. The van der Waals surface area contributed by atoms with Gasteiger partial charge in [-0.15, -0.1) is 0 Å². The Labute approximate surface area is 278 Å². The Morgan fingerprint density at radius 2 is 1.15 bits per heavy atom. The lowest BCUT2D eigenvalue weighted by Gasteiger charge is -2.19. The van der Waals surface area contributed by atoms with Gasteiger partial charge in [-0.1, -0.05) is 104 Å². The van der Waals surface area contributed by atoms with Gasteiger partial charge in [0.1, 0.15) is 6.61 Å². The van der Waals surface area contributed by atoms with Crippen molar-refractivity contribution in [2.24, 2.45) is 0 Å². The lowest BCUT2D eigenvalue weighted by Crippen LogP contribution is -2.08. The number of alkyl halides is 3. The molecule has 0 heterocycles. The van der Waals surface area contributed by atoms with Crippen molar-refractivity contribution in [3.05, 3.63) is 133 Å². The molecule has 0 aromatic heterocycles. The molecule has 5 aromatic rings. The molecule has 0 radical (unpaired) electrons. The molecule has 48 heavy (non-hydrogen) atoms. The molecule has 5 aromatic carbocycles. The van der Waals surface area contributed by atoms with Crippen molar-refractivity contribution < 1.29 is 32.2 Å². The van der Waals surface area contributed by atoms with E-state index in [9.17, 15) is 22.8 Å². The van der Waals surface area contributed by atoms with Crippen molar-refractivity contribution in [2.45, 2.75) is 51.3 Å². The van der Waals surface area contributed by atoms with E-state index in [1.165, 1.54) is 5.56 Å². The lowest BCUT2D eigenvalue weighted by molar-refractivity contribution is -0.139. The van der Waals surface area contributed by atoms with Gasteiger partial charge < -0.3 is 9.47 Å². The molecule has 0 bridgehead atoms. The van der Waals surface area contributed by atoms with Gasteiger partial charge in [0.15, 0.2) is 0 Å². The molecule has 0 saturated carbocycles. The molecule has 5 rings (SSSR count). The fourth-order valence-corrected chi connectivity index (χ4v) is 5.95. The highest BCUT2D eigenvalue weighted by atomic mass is 19.4. The minimum Gasteiger partial charge on any atom is -0.463 e. The van der Waals surface area contributed by atoms with Crippen molar-refractivity contribution in [1.82, 2.24) is 0 Å². The largest absolute Gasteiger partial charge is 0.463 e. The number of halogens is 3. The molecular formula is C41H37F3O4. The number of carbonyl (C=O) groups excluding carboxylic acids is 2. The zero-order chi connectivity index (χ0) is 34.1. The van der Waals surface area contributed by atoms with Crippen molar-refractivity contribution >= 4 is 33.5 Å². The standard InChI is InChI=1S/C41H37F3O4/c1-3-37(45)47-25-9-5-6-10-28-13-18-32(19-14-28)40-34-12-8-7-11-33(34)39(31-20-15-30(16-21-31)27-48-38(46)4-2)35-22-17-29(26-36(35)40)23-24-41(42,43)44/h3-4,7-8,11-22,26H,1-2,5-6,9-10,23-25,27H2. The van der Waals surface area contributed by atoms with Crippen molar-refractivity contribution in [3.63, 3.8) is 0 Å². The fourth-order valence-electron chi connectivity index (χ4n) is 5.95. The SMILES string of the molecule is C=CC(=O)OCCCCCc1ccc(-c2c3ccccc3c(-c3ccc(COC(=O)C=C)cc3)c3ccc(CCC(F)(F)F)cc23)cc1. The minimum atomic E-state index is -4.25. The maximum Gasteiger partial charge on any atom is 0.389 e. The Bertz CT molecular complexity index is 1920. The second-order valence-electron chi connectivity index (χ2n) is 11.7. The third kappa shape index (κ3) is 8.59. The highest BCUT2D eigenvalue weighted by Crippen LogP contribution is 2.44. The van der Waals surface area contributed by atoms with Gasteiger partial charge in [-0.2, -0.15) is 13.2 Å². The summed E-state index contributed by atoms with van der Waals surface area (Å²) in [5, 5.41) is 3.84. The van der Waals surface area contributed by atoms with Gasteiger partial charge in [-0.05, 0) is 92.6 Å². The molecule has 0 fully saturated rings. The highest BCUT2D eigenvalue weighted by Gasteiger charge is 2.26. The average molecular weight is 651 g/mol. The number of esters is 2. The number of hydrogen-bond acceptors (Lipinski definition) is 4. The van der Waals surface area contributed by atoms with Crippen LogP contribution in [0.15, 0.2) is 116 Å². The quantitative estimate of drug-likeness (QED) is 0.0519. The zero-order valence-corrected chi connectivity index (χ0v) is 26.7. The lowest BCUT2D eigenvalue weighted by atomic mass is 9.84. The van der Waals surface area contributed by atoms with Crippen molar-refractivity contribution in [1.29, 1.82) is 0 Å². The number of fused-ring (bicyclic) bond motifs is 2. The molecule has 0 aliphatic heterocycles. The topological polar surface area (TPSA) is 52.6 Å². The van der Waals surface area contributed by atoms with E-state index in [1.54, 1.807) is 6.07 Å². The van der Waals surface area contributed by atoms with Crippen LogP contribution in [0.25, 0.3) is 43.8 Å². The van der Waals surface area contributed by atoms with E-state index < -0.39 is 24.5 Å². The van der Waals surface area contributed by atoms with Crippen LogP contribution in [0.4, 0.5) is 13.2 Å². The molecule has 0 amide bonds. The van der Waals surface area contributed by atoms with Gasteiger partial charge in [-0.3, -0.25) is 0 Å². The smallest absolute Gasteiger partial charge is 0.389 e. The van der Waals surface area contributed by atoms with Crippen LogP contribution >= 0.6 is 0 Å². The van der Waals surface area contributed by atoms with Crippen LogP contribution in [-0.2, 0) is 38.5 Å². The second-order valence-corrected chi connectivity index (χ2v) is 11.7. The molecule has 0 atom stereocenters. The first-order chi connectivity index (χ1) is 23.2. The first kappa shape index (κ1) is 34.2. The van der Waals surface area contributed by atoms with Crippen LogP contribution in [0.1, 0.15) is 42.4 Å². The summed E-state index contributed by atoms with van der Waals surface area (Å²) in [6.45, 7) is 7.33. The molecule has 0 saturated heterocycles. The predicted octanol–water partition coefficient (Wildman–Crippen LogP) is 10.5. The molecule has 0 aliphatic carbocycles. The summed E-state index contributed by atoms with van der Waals surface area (Å²) in [5.41, 5.74) is 6.51. The number of aryl methyl sites for hydroxylation is 2. The van der Waals surface area contributed by atoms with Crippen molar-refractivity contribution in [3.8, 4) is 22.3 Å². The van der Waals surface area contributed by atoms with Gasteiger partial charge in [0.25, 0.3) is 0 Å². The maximum atomic E-state index is 13.2. The van der Waals surface area contributed by atoms with E-state index >= 15 is 0 Å². The minimum absolute atomic E-state index is 0.106. The van der Waals surface area contributed by atoms with E-state index in [1.807, 2.05) is 48.5 Å². The van der Waals surface area contributed by atoms with Gasteiger partial charge >= 0.3 is 18.1 Å². The van der Waals surface area contributed by atoms with E-state index in [0.717, 1.165) is 87.2 Å². The summed E-state index contributed by atoms with van der Waals surface area (Å²) in [6.07, 6.45) is 0.566. The van der Waals surface area contributed by atoms with Crippen LogP contribution in [-0.4, -0.2) is 24.7 Å². The van der Waals surface area contributed by atoms with Crippen LogP contribution in [0.2, 0.25) is 0 Å². The number of ether oxygens (including phenoxy) is 2. The van der Waals surface area contributed by atoms with Crippen LogP contribution in [0.3, 0.4) is 0 Å². The molecule has 4 nitrogen and oxygen atoms in total. The van der Waals surface area contributed by atoms with Gasteiger partial charge in [0.05, 0.1) is 6.61 Å².